The number of benzene rings is 1. The van der Waals surface area contributed by atoms with Crippen LogP contribution in [0.25, 0.3) is 0 Å². The molecular formula is C18H25ClN4O2+2. The van der Waals surface area contributed by atoms with E-state index in [0.717, 1.165) is 49.7 Å². The summed E-state index contributed by atoms with van der Waals surface area (Å²) in [5.41, 5.74) is 2.07. The number of carbonyl (C=O) groups excluding carboxylic acids is 1. The van der Waals surface area contributed by atoms with Crippen LogP contribution in [0.1, 0.15) is 17.0 Å². The van der Waals surface area contributed by atoms with E-state index in [2.05, 4.69) is 10.5 Å². The molecule has 1 aliphatic rings. The molecule has 0 aliphatic carbocycles. The number of aromatic nitrogens is 1. The van der Waals surface area contributed by atoms with Crippen LogP contribution < -0.4 is 15.1 Å². The van der Waals surface area contributed by atoms with Crippen molar-refractivity contribution in [3.8, 4) is 0 Å². The van der Waals surface area contributed by atoms with Crippen molar-refractivity contribution < 1.29 is 19.1 Å². The quantitative estimate of drug-likeness (QED) is 0.631. The van der Waals surface area contributed by atoms with E-state index < -0.39 is 0 Å². The number of nitrogens with zero attached hydrogens (tertiary/aromatic N) is 1. The van der Waals surface area contributed by atoms with Crippen LogP contribution in [0.15, 0.2) is 34.9 Å². The second-order valence-corrected chi connectivity index (χ2v) is 7.12. The Hall–Kier alpha value is -1.89. The second kappa shape index (κ2) is 8.47. The van der Waals surface area contributed by atoms with Crippen LogP contribution in [-0.2, 0) is 17.9 Å². The first kappa shape index (κ1) is 17.9. The zero-order chi connectivity index (χ0) is 17.6. The minimum absolute atomic E-state index is 0.0977. The molecule has 2 aromatic rings. The molecule has 2 heterocycles. The summed E-state index contributed by atoms with van der Waals surface area (Å²) in [5, 5.41) is 7.76. The summed E-state index contributed by atoms with van der Waals surface area (Å²) >= 11 is 5.87. The van der Waals surface area contributed by atoms with Gasteiger partial charge in [-0.2, -0.15) is 0 Å². The van der Waals surface area contributed by atoms with Crippen LogP contribution in [-0.4, -0.2) is 43.8 Å². The van der Waals surface area contributed by atoms with E-state index in [4.69, 9.17) is 16.1 Å². The average Bonchev–Trinajstić information content (AvgIpc) is 3.01. The minimum Gasteiger partial charge on any atom is -0.361 e. The van der Waals surface area contributed by atoms with Crippen molar-refractivity contribution in [3.05, 3.63) is 52.4 Å². The molecule has 7 heteroatoms. The third kappa shape index (κ3) is 5.56. The fraction of sp³-hybridized carbons (Fsp3) is 0.444. The van der Waals surface area contributed by atoms with E-state index in [9.17, 15) is 4.79 Å². The Bertz CT molecular complexity index is 693. The van der Waals surface area contributed by atoms with E-state index >= 15 is 0 Å². The number of halogens is 1. The number of amides is 1. The van der Waals surface area contributed by atoms with Crippen LogP contribution in [0.3, 0.4) is 0 Å². The van der Waals surface area contributed by atoms with Gasteiger partial charge in [-0.05, 0) is 24.6 Å². The second-order valence-electron chi connectivity index (χ2n) is 6.69. The Morgan fingerprint density at radius 3 is 2.52 bits per heavy atom. The van der Waals surface area contributed by atoms with Crippen LogP contribution in [0.5, 0.6) is 0 Å². The van der Waals surface area contributed by atoms with Gasteiger partial charge < -0.3 is 19.6 Å². The van der Waals surface area contributed by atoms with Gasteiger partial charge in [0.05, 0.1) is 0 Å². The maximum absolute atomic E-state index is 12.1. The predicted octanol–water partition coefficient (Wildman–Crippen LogP) is -0.764. The molecule has 1 saturated heterocycles. The zero-order valence-corrected chi connectivity index (χ0v) is 15.2. The van der Waals surface area contributed by atoms with Gasteiger partial charge in [0, 0.05) is 17.6 Å². The van der Waals surface area contributed by atoms with E-state index in [-0.39, 0.29) is 5.91 Å². The summed E-state index contributed by atoms with van der Waals surface area (Å²) in [7, 11) is 0. The standard InChI is InChI=1S/C18H23ClN4O2/c1-14-10-17(21-25-14)12-22-6-8-23(9-7-22)13-18(24)20-11-15-2-4-16(19)5-3-15/h2-5,10H,6-9,11-13H2,1H3,(H,20,24)/p+2. The van der Waals surface area contributed by atoms with Crippen LogP contribution >= 0.6 is 11.6 Å². The summed E-state index contributed by atoms with van der Waals surface area (Å²) < 4.78 is 5.12. The summed E-state index contributed by atoms with van der Waals surface area (Å²) in [6.07, 6.45) is 0. The van der Waals surface area contributed by atoms with Gasteiger partial charge >= 0.3 is 0 Å². The number of aryl methyl sites for hydroxylation is 1. The lowest BCUT2D eigenvalue weighted by molar-refractivity contribution is -1.02. The maximum atomic E-state index is 12.1. The van der Waals surface area contributed by atoms with Gasteiger partial charge in [-0.25, -0.2) is 0 Å². The first-order valence-electron chi connectivity index (χ1n) is 8.69. The zero-order valence-electron chi connectivity index (χ0n) is 14.5. The number of quaternary nitrogens is 2. The Morgan fingerprint density at radius 1 is 1.20 bits per heavy atom. The highest BCUT2D eigenvalue weighted by Gasteiger charge is 2.25. The van der Waals surface area contributed by atoms with Gasteiger partial charge in [0.1, 0.15) is 44.2 Å². The van der Waals surface area contributed by atoms with Gasteiger partial charge in [0.15, 0.2) is 6.54 Å². The molecule has 0 radical (unpaired) electrons. The molecule has 0 spiro atoms. The summed E-state index contributed by atoms with van der Waals surface area (Å²) in [6, 6.07) is 9.54. The molecule has 1 fully saturated rings. The summed E-state index contributed by atoms with van der Waals surface area (Å²) in [4.78, 5) is 15.0. The van der Waals surface area contributed by atoms with Crippen LogP contribution in [0.4, 0.5) is 0 Å². The minimum atomic E-state index is 0.0977. The Morgan fingerprint density at radius 2 is 1.88 bits per heavy atom. The third-order valence-electron chi connectivity index (χ3n) is 4.59. The molecule has 3 rings (SSSR count). The molecular weight excluding hydrogens is 340 g/mol. The lowest BCUT2D eigenvalue weighted by Gasteiger charge is -2.28. The number of nitrogens with one attached hydrogen (secondary N) is 3. The molecule has 3 N–H and O–H groups in total. The van der Waals surface area contributed by atoms with E-state index in [1.54, 1.807) is 0 Å². The number of rotatable bonds is 6. The topological polar surface area (TPSA) is 64.0 Å². The van der Waals surface area contributed by atoms with Crippen molar-refractivity contribution in [1.29, 1.82) is 0 Å². The van der Waals surface area contributed by atoms with Gasteiger partial charge in [0.25, 0.3) is 5.91 Å². The first-order valence-corrected chi connectivity index (χ1v) is 9.07. The Kier molecular flexibility index (Phi) is 6.07. The maximum Gasteiger partial charge on any atom is 0.275 e. The molecule has 134 valence electrons. The SMILES string of the molecule is Cc1cc(C[NH+]2CC[NH+](CC(=O)NCc3ccc(Cl)cc3)CC2)no1. The van der Waals surface area contributed by atoms with E-state index in [1.165, 1.54) is 9.80 Å². The molecule has 1 amide bonds. The van der Waals surface area contributed by atoms with Crippen LogP contribution in [0.2, 0.25) is 5.02 Å². The Balaban J connectivity index is 1.36. The molecule has 0 unspecified atom stereocenters. The monoisotopic (exact) mass is 364 g/mol. The summed E-state index contributed by atoms with van der Waals surface area (Å²) in [5.74, 6) is 0.955. The van der Waals surface area contributed by atoms with Crippen molar-refractivity contribution in [2.75, 3.05) is 32.7 Å². The molecule has 0 saturated carbocycles. The third-order valence-corrected chi connectivity index (χ3v) is 4.84. The van der Waals surface area contributed by atoms with Crippen molar-refractivity contribution in [3.63, 3.8) is 0 Å². The van der Waals surface area contributed by atoms with Gasteiger partial charge in [-0.15, -0.1) is 0 Å². The highest BCUT2D eigenvalue weighted by atomic mass is 35.5. The molecule has 1 aromatic heterocycles. The number of hydrogen-bond donors (Lipinski definition) is 3. The van der Waals surface area contributed by atoms with E-state index in [1.807, 2.05) is 37.3 Å². The van der Waals surface area contributed by atoms with Gasteiger partial charge in [0.2, 0.25) is 0 Å². The van der Waals surface area contributed by atoms with Crippen molar-refractivity contribution in [2.45, 2.75) is 20.0 Å². The number of piperazine rings is 1. The summed E-state index contributed by atoms with van der Waals surface area (Å²) in [6.45, 7) is 7.98. The molecule has 6 nitrogen and oxygen atoms in total. The van der Waals surface area contributed by atoms with Gasteiger partial charge in [-0.1, -0.05) is 28.9 Å². The molecule has 1 aliphatic heterocycles. The normalized spacial score (nSPS) is 20.4. The first-order chi connectivity index (χ1) is 12.1. The number of hydrogen-bond acceptors (Lipinski definition) is 3. The van der Waals surface area contributed by atoms with E-state index in [0.29, 0.717) is 18.1 Å². The van der Waals surface area contributed by atoms with Gasteiger partial charge in [-0.3, -0.25) is 4.79 Å². The van der Waals surface area contributed by atoms with Crippen LogP contribution in [0, 0.1) is 6.92 Å². The lowest BCUT2D eigenvalue weighted by Crippen LogP contribution is -3.28. The molecule has 25 heavy (non-hydrogen) atoms. The van der Waals surface area contributed by atoms with Crippen molar-refractivity contribution in [1.82, 2.24) is 10.5 Å². The molecule has 0 atom stereocenters. The highest BCUT2D eigenvalue weighted by molar-refractivity contribution is 6.30. The average molecular weight is 365 g/mol. The lowest BCUT2D eigenvalue weighted by atomic mass is 10.2. The van der Waals surface area contributed by atoms with Crippen molar-refractivity contribution >= 4 is 17.5 Å². The largest absolute Gasteiger partial charge is 0.361 e. The fourth-order valence-electron chi connectivity index (χ4n) is 3.16. The highest BCUT2D eigenvalue weighted by Crippen LogP contribution is 2.08. The number of carbonyl (C=O) groups is 1. The predicted molar refractivity (Wildman–Crippen MR) is 94.5 cm³/mol. The molecule has 1 aromatic carbocycles. The van der Waals surface area contributed by atoms with Crippen molar-refractivity contribution in [2.24, 2.45) is 0 Å². The fourth-order valence-corrected chi connectivity index (χ4v) is 3.29. The molecule has 0 bridgehead atoms. The smallest absolute Gasteiger partial charge is 0.275 e. The Labute approximate surface area is 152 Å².